The van der Waals surface area contributed by atoms with E-state index in [1.807, 2.05) is 45.9 Å². The number of carbonyl (C=O) groups is 2. The summed E-state index contributed by atoms with van der Waals surface area (Å²) < 4.78 is 11.2. The number of hydrogen-bond donors (Lipinski definition) is 1. The van der Waals surface area contributed by atoms with Crippen LogP contribution in [-0.2, 0) is 16.0 Å². The van der Waals surface area contributed by atoms with Gasteiger partial charge in [0, 0.05) is 18.6 Å². The van der Waals surface area contributed by atoms with Crippen molar-refractivity contribution < 1.29 is 19.1 Å². The highest BCUT2D eigenvalue weighted by atomic mass is 16.5. The molecule has 2 rings (SSSR count). The second kappa shape index (κ2) is 10.2. The molecule has 0 bridgehead atoms. The molecule has 0 saturated carbocycles. The first-order valence-corrected chi connectivity index (χ1v) is 9.96. The Hall–Kier alpha value is -2.24. The molecule has 0 aliphatic carbocycles. The highest BCUT2D eigenvalue weighted by Gasteiger charge is 2.32. The van der Waals surface area contributed by atoms with Crippen LogP contribution >= 0.6 is 0 Å². The minimum absolute atomic E-state index is 0.117. The summed E-state index contributed by atoms with van der Waals surface area (Å²) in [5.74, 6) is 0.480. The van der Waals surface area contributed by atoms with Crippen LogP contribution in [-0.4, -0.2) is 48.6 Å². The molecule has 0 aromatic heterocycles. The van der Waals surface area contributed by atoms with Crippen molar-refractivity contribution >= 4 is 11.8 Å². The second-order valence-corrected chi connectivity index (χ2v) is 6.99. The lowest BCUT2D eigenvalue weighted by molar-refractivity contribution is -0.150. The van der Waals surface area contributed by atoms with Gasteiger partial charge >= 0.3 is 11.8 Å². The van der Waals surface area contributed by atoms with Gasteiger partial charge in [-0.05, 0) is 71.1 Å². The van der Waals surface area contributed by atoms with Gasteiger partial charge in [0.15, 0.2) is 11.5 Å². The van der Waals surface area contributed by atoms with E-state index in [9.17, 15) is 9.59 Å². The number of likely N-dealkylation sites (tertiary alicyclic amines) is 1. The summed E-state index contributed by atoms with van der Waals surface area (Å²) in [7, 11) is 0. The van der Waals surface area contributed by atoms with E-state index >= 15 is 0 Å². The summed E-state index contributed by atoms with van der Waals surface area (Å²) in [4.78, 5) is 26.5. The fourth-order valence-electron chi connectivity index (χ4n) is 3.59. The maximum absolute atomic E-state index is 12.5. The third-order valence-corrected chi connectivity index (χ3v) is 4.93. The molecule has 1 N–H and O–H groups in total. The zero-order valence-corrected chi connectivity index (χ0v) is 16.9. The number of amides is 2. The Morgan fingerprint density at radius 3 is 2.33 bits per heavy atom. The lowest BCUT2D eigenvalue weighted by Gasteiger charge is -2.38. The third-order valence-electron chi connectivity index (χ3n) is 4.93. The molecule has 1 saturated heterocycles. The molecule has 2 unspecified atom stereocenters. The van der Waals surface area contributed by atoms with Gasteiger partial charge in [0.1, 0.15) is 0 Å². The molecule has 1 aromatic rings. The molecule has 6 heteroatoms. The zero-order valence-electron chi connectivity index (χ0n) is 16.9. The van der Waals surface area contributed by atoms with Gasteiger partial charge in [-0.1, -0.05) is 6.07 Å². The van der Waals surface area contributed by atoms with E-state index in [2.05, 4.69) is 5.32 Å². The van der Waals surface area contributed by atoms with Crippen molar-refractivity contribution in [1.29, 1.82) is 0 Å². The average Bonchev–Trinajstić information content (AvgIpc) is 2.63. The Balaban J connectivity index is 1.90. The number of nitrogens with zero attached hydrogens (tertiary/aromatic N) is 1. The predicted molar refractivity (Wildman–Crippen MR) is 105 cm³/mol. The van der Waals surface area contributed by atoms with Crippen LogP contribution in [0.2, 0.25) is 0 Å². The van der Waals surface area contributed by atoms with Gasteiger partial charge in [-0.15, -0.1) is 0 Å². The van der Waals surface area contributed by atoms with E-state index in [0.717, 1.165) is 30.6 Å². The number of benzene rings is 1. The van der Waals surface area contributed by atoms with E-state index in [4.69, 9.17) is 9.47 Å². The Kier molecular flexibility index (Phi) is 7.95. The average molecular weight is 376 g/mol. The predicted octanol–water partition coefficient (Wildman–Crippen LogP) is 2.93. The smallest absolute Gasteiger partial charge is 0.312 e. The van der Waals surface area contributed by atoms with Crippen LogP contribution in [0.1, 0.15) is 52.5 Å². The molecule has 27 heavy (non-hydrogen) atoms. The Bertz CT molecular complexity index is 637. The Morgan fingerprint density at radius 2 is 1.70 bits per heavy atom. The maximum Gasteiger partial charge on any atom is 0.312 e. The molecule has 1 heterocycles. The third kappa shape index (κ3) is 5.62. The van der Waals surface area contributed by atoms with Gasteiger partial charge in [0.2, 0.25) is 0 Å². The fourth-order valence-corrected chi connectivity index (χ4v) is 3.59. The summed E-state index contributed by atoms with van der Waals surface area (Å²) in [6.07, 6.45) is 3.63. The SMILES string of the molecule is CCOc1ccc(CCNC(=O)C(=O)N2C(C)CCCC2C)cc1OCC. The Morgan fingerprint density at radius 1 is 1.07 bits per heavy atom. The molecule has 6 nitrogen and oxygen atoms in total. The maximum atomic E-state index is 12.5. The van der Waals surface area contributed by atoms with E-state index in [1.165, 1.54) is 0 Å². The van der Waals surface area contributed by atoms with Crippen molar-refractivity contribution in [3.8, 4) is 11.5 Å². The second-order valence-electron chi connectivity index (χ2n) is 6.99. The molecule has 1 aliphatic rings. The van der Waals surface area contributed by atoms with Crippen LogP contribution in [0.5, 0.6) is 11.5 Å². The minimum Gasteiger partial charge on any atom is -0.490 e. The van der Waals surface area contributed by atoms with Crippen molar-refractivity contribution in [3.63, 3.8) is 0 Å². The van der Waals surface area contributed by atoms with E-state index < -0.39 is 11.8 Å². The molecule has 1 aliphatic heterocycles. The molecule has 2 amide bonds. The molecular weight excluding hydrogens is 344 g/mol. The Labute approximate surface area is 162 Å². The van der Waals surface area contributed by atoms with Crippen LogP contribution in [0.3, 0.4) is 0 Å². The van der Waals surface area contributed by atoms with E-state index in [1.54, 1.807) is 4.90 Å². The largest absolute Gasteiger partial charge is 0.490 e. The van der Waals surface area contributed by atoms with Gasteiger partial charge in [-0.3, -0.25) is 9.59 Å². The highest BCUT2D eigenvalue weighted by Crippen LogP contribution is 2.28. The number of hydrogen-bond acceptors (Lipinski definition) is 4. The van der Waals surface area contributed by atoms with Gasteiger partial charge in [0.05, 0.1) is 13.2 Å². The molecule has 1 aromatic carbocycles. The van der Waals surface area contributed by atoms with Gasteiger partial charge in [-0.25, -0.2) is 0 Å². The monoisotopic (exact) mass is 376 g/mol. The summed E-state index contributed by atoms with van der Waals surface area (Å²) in [5.41, 5.74) is 1.02. The number of ether oxygens (including phenoxy) is 2. The molecule has 0 spiro atoms. The number of nitrogens with one attached hydrogen (secondary N) is 1. The summed E-state index contributed by atoms with van der Waals surface area (Å²) in [6.45, 7) is 9.41. The number of rotatable bonds is 7. The van der Waals surface area contributed by atoms with Crippen molar-refractivity contribution in [3.05, 3.63) is 23.8 Å². The van der Waals surface area contributed by atoms with Gasteiger partial charge in [0.25, 0.3) is 0 Å². The fraction of sp³-hybridized carbons (Fsp3) is 0.619. The first-order valence-electron chi connectivity index (χ1n) is 9.96. The number of piperidine rings is 1. The lowest BCUT2D eigenvalue weighted by Crippen LogP contribution is -2.53. The van der Waals surface area contributed by atoms with Crippen molar-refractivity contribution in [2.24, 2.45) is 0 Å². The van der Waals surface area contributed by atoms with Crippen LogP contribution < -0.4 is 14.8 Å². The number of carbonyl (C=O) groups excluding carboxylic acids is 2. The molecule has 150 valence electrons. The van der Waals surface area contributed by atoms with Crippen LogP contribution in [0.15, 0.2) is 18.2 Å². The molecular formula is C21H32N2O4. The van der Waals surface area contributed by atoms with Crippen molar-refractivity contribution in [1.82, 2.24) is 10.2 Å². The highest BCUT2D eigenvalue weighted by molar-refractivity contribution is 6.35. The molecule has 0 radical (unpaired) electrons. The topological polar surface area (TPSA) is 67.9 Å². The normalized spacial score (nSPS) is 19.5. The summed E-state index contributed by atoms with van der Waals surface area (Å²) >= 11 is 0. The van der Waals surface area contributed by atoms with E-state index in [0.29, 0.717) is 31.9 Å². The summed E-state index contributed by atoms with van der Waals surface area (Å²) in [5, 5.41) is 2.76. The minimum atomic E-state index is -0.522. The van der Waals surface area contributed by atoms with E-state index in [-0.39, 0.29) is 12.1 Å². The summed E-state index contributed by atoms with van der Waals surface area (Å²) in [6, 6.07) is 6.00. The van der Waals surface area contributed by atoms with Crippen molar-refractivity contribution in [2.45, 2.75) is 65.5 Å². The first-order chi connectivity index (χ1) is 13.0. The zero-order chi connectivity index (χ0) is 19.8. The van der Waals surface area contributed by atoms with Crippen LogP contribution in [0.25, 0.3) is 0 Å². The first kappa shape index (κ1) is 21.1. The van der Waals surface area contributed by atoms with Gasteiger partial charge in [-0.2, -0.15) is 0 Å². The molecule has 2 atom stereocenters. The van der Waals surface area contributed by atoms with Crippen LogP contribution in [0, 0.1) is 0 Å². The standard InChI is InChI=1S/C21H32N2O4/c1-5-26-18-11-10-17(14-19(18)27-6-2)12-13-22-20(24)21(25)23-15(3)8-7-9-16(23)4/h10-11,14-16H,5-9,12-13H2,1-4H3,(H,22,24). The quantitative estimate of drug-likeness (QED) is 0.743. The van der Waals surface area contributed by atoms with Crippen LogP contribution in [0.4, 0.5) is 0 Å². The van der Waals surface area contributed by atoms with Gasteiger partial charge < -0.3 is 19.7 Å². The lowest BCUT2D eigenvalue weighted by atomic mass is 9.97. The molecule has 1 fully saturated rings. The van der Waals surface area contributed by atoms with Crippen molar-refractivity contribution in [2.75, 3.05) is 19.8 Å².